The van der Waals surface area contributed by atoms with E-state index in [1.54, 1.807) is 12.4 Å². The summed E-state index contributed by atoms with van der Waals surface area (Å²) >= 11 is 0. The Labute approximate surface area is 87.4 Å². The maximum Gasteiger partial charge on any atom is 0.152 e. The van der Waals surface area contributed by atoms with E-state index in [0.29, 0.717) is 5.56 Å². The number of nitrogens with one attached hydrogen (secondary N) is 1. The Morgan fingerprint density at radius 3 is 2.77 bits per heavy atom. The third kappa shape index (κ3) is 1.99. The molecule has 0 aliphatic heterocycles. The number of rotatable bonds is 1. The first-order valence-corrected chi connectivity index (χ1v) is 3.29. The minimum atomic E-state index is 0. The number of carbonyl (C=O) groups is 1. The van der Waals surface area contributed by atoms with E-state index >= 15 is 0 Å². The zero-order valence-electron chi connectivity index (χ0n) is 6.56. The van der Waals surface area contributed by atoms with Gasteiger partial charge in [0.1, 0.15) is 0 Å². The van der Waals surface area contributed by atoms with Crippen LogP contribution in [0.2, 0.25) is 0 Å². The minimum absolute atomic E-state index is 0. The van der Waals surface area contributed by atoms with Gasteiger partial charge in [-0.15, -0.1) is 24.8 Å². The lowest BCUT2D eigenvalue weighted by molar-refractivity contribution is 0.112. The van der Waals surface area contributed by atoms with Crippen LogP contribution in [0.25, 0.3) is 11.0 Å². The van der Waals surface area contributed by atoms with Crippen molar-refractivity contribution < 1.29 is 4.79 Å². The van der Waals surface area contributed by atoms with E-state index in [1.165, 1.54) is 0 Å². The molecule has 0 saturated heterocycles. The first kappa shape index (κ1) is 11.9. The van der Waals surface area contributed by atoms with Crippen molar-refractivity contribution in [2.75, 3.05) is 0 Å². The van der Waals surface area contributed by atoms with Gasteiger partial charge in [0.05, 0.1) is 17.4 Å². The number of H-pyrrole nitrogens is 1. The Hall–Kier alpha value is -1.06. The van der Waals surface area contributed by atoms with E-state index in [4.69, 9.17) is 0 Å². The topological polar surface area (TPSA) is 45.8 Å². The van der Waals surface area contributed by atoms with Crippen molar-refractivity contribution in [1.29, 1.82) is 0 Å². The average Bonchev–Trinajstić information content (AvgIpc) is 2.50. The highest BCUT2D eigenvalue weighted by Crippen LogP contribution is 2.11. The van der Waals surface area contributed by atoms with E-state index in [0.717, 1.165) is 17.3 Å². The summed E-state index contributed by atoms with van der Waals surface area (Å²) in [7, 11) is 0. The summed E-state index contributed by atoms with van der Waals surface area (Å²) in [4.78, 5) is 17.4. The van der Waals surface area contributed by atoms with Crippen LogP contribution in [0.3, 0.4) is 0 Å². The molecule has 0 fully saturated rings. The predicted octanol–water partition coefficient (Wildman–Crippen LogP) is 2.22. The van der Waals surface area contributed by atoms with Gasteiger partial charge >= 0.3 is 0 Å². The molecular formula is C8H8Cl2N2O. The Kier molecular flexibility index (Phi) is 4.45. The van der Waals surface area contributed by atoms with Crippen LogP contribution in [0, 0.1) is 0 Å². The Bertz CT molecular complexity index is 400. The van der Waals surface area contributed by atoms with Gasteiger partial charge in [0.25, 0.3) is 0 Å². The molecule has 3 nitrogen and oxygen atoms in total. The van der Waals surface area contributed by atoms with Gasteiger partial charge in [0.2, 0.25) is 0 Å². The molecule has 0 atom stereocenters. The van der Waals surface area contributed by atoms with Crippen molar-refractivity contribution >= 4 is 42.1 Å². The maximum atomic E-state index is 10.5. The van der Waals surface area contributed by atoms with Crippen molar-refractivity contribution in [3.63, 3.8) is 0 Å². The largest absolute Gasteiger partial charge is 0.345 e. The van der Waals surface area contributed by atoms with Gasteiger partial charge in [-0.25, -0.2) is 4.98 Å². The molecular weight excluding hydrogens is 211 g/mol. The van der Waals surface area contributed by atoms with Crippen LogP contribution in [0.15, 0.2) is 24.5 Å². The van der Waals surface area contributed by atoms with E-state index in [1.807, 2.05) is 12.1 Å². The van der Waals surface area contributed by atoms with Gasteiger partial charge in [-0.05, 0) is 12.1 Å². The monoisotopic (exact) mass is 218 g/mol. The summed E-state index contributed by atoms with van der Waals surface area (Å²) in [6.07, 6.45) is 2.39. The van der Waals surface area contributed by atoms with E-state index in [-0.39, 0.29) is 24.8 Å². The lowest BCUT2D eigenvalue weighted by atomic mass is 10.2. The number of hydrogen-bond donors (Lipinski definition) is 1. The molecule has 13 heavy (non-hydrogen) atoms. The van der Waals surface area contributed by atoms with Crippen LogP contribution in [0.1, 0.15) is 10.4 Å². The fourth-order valence-electron chi connectivity index (χ4n) is 1.08. The Morgan fingerprint density at radius 2 is 2.08 bits per heavy atom. The van der Waals surface area contributed by atoms with Crippen LogP contribution < -0.4 is 0 Å². The zero-order chi connectivity index (χ0) is 7.68. The highest BCUT2D eigenvalue weighted by atomic mass is 35.5. The minimum Gasteiger partial charge on any atom is -0.345 e. The van der Waals surface area contributed by atoms with Crippen molar-refractivity contribution in [2.24, 2.45) is 0 Å². The van der Waals surface area contributed by atoms with E-state index in [9.17, 15) is 4.79 Å². The molecule has 5 heteroatoms. The van der Waals surface area contributed by atoms with Crippen molar-refractivity contribution in [3.8, 4) is 0 Å². The molecule has 0 aliphatic carbocycles. The second kappa shape index (κ2) is 4.84. The van der Waals surface area contributed by atoms with Crippen molar-refractivity contribution in [1.82, 2.24) is 9.97 Å². The SMILES string of the molecule is Cl.Cl.O=Cc1cccc2[nH]cnc12. The molecule has 0 unspecified atom stereocenters. The number of halogens is 2. The number of hydrogen-bond acceptors (Lipinski definition) is 2. The van der Waals surface area contributed by atoms with Crippen LogP contribution >= 0.6 is 24.8 Å². The highest BCUT2D eigenvalue weighted by molar-refractivity contribution is 5.93. The summed E-state index contributed by atoms with van der Waals surface area (Å²) in [6.45, 7) is 0. The molecule has 0 spiro atoms. The number of nitrogens with zero attached hydrogens (tertiary/aromatic N) is 1. The number of imidazole rings is 1. The first-order valence-electron chi connectivity index (χ1n) is 3.29. The summed E-state index contributed by atoms with van der Waals surface area (Å²) < 4.78 is 0. The smallest absolute Gasteiger partial charge is 0.152 e. The third-order valence-corrected chi connectivity index (χ3v) is 1.61. The lowest BCUT2D eigenvalue weighted by Gasteiger charge is -1.89. The fraction of sp³-hybridized carbons (Fsp3) is 0. The molecule has 1 aromatic heterocycles. The molecule has 2 rings (SSSR count). The molecule has 1 heterocycles. The van der Waals surface area contributed by atoms with E-state index in [2.05, 4.69) is 9.97 Å². The third-order valence-electron chi connectivity index (χ3n) is 1.61. The predicted molar refractivity (Wildman–Crippen MR) is 56.0 cm³/mol. The number of carbonyl (C=O) groups excluding carboxylic acids is 1. The van der Waals surface area contributed by atoms with Crippen LogP contribution in [0.4, 0.5) is 0 Å². The maximum absolute atomic E-state index is 10.5. The van der Waals surface area contributed by atoms with Gasteiger partial charge in [-0.3, -0.25) is 4.79 Å². The number of fused-ring (bicyclic) bond motifs is 1. The van der Waals surface area contributed by atoms with Crippen LogP contribution in [-0.4, -0.2) is 16.3 Å². The first-order chi connectivity index (χ1) is 5.42. The molecule has 0 bridgehead atoms. The van der Waals surface area contributed by atoms with Crippen molar-refractivity contribution in [2.45, 2.75) is 0 Å². The molecule has 2 aromatic rings. The zero-order valence-corrected chi connectivity index (χ0v) is 8.19. The Balaban J connectivity index is 0.000000720. The fourth-order valence-corrected chi connectivity index (χ4v) is 1.08. The van der Waals surface area contributed by atoms with Gasteiger partial charge in [-0.2, -0.15) is 0 Å². The lowest BCUT2D eigenvalue weighted by Crippen LogP contribution is -1.80. The van der Waals surface area contributed by atoms with E-state index < -0.39 is 0 Å². The number of benzene rings is 1. The standard InChI is InChI=1S/C8H6N2O.2ClH/c11-4-6-2-1-3-7-8(6)10-5-9-7;;/h1-5H,(H,9,10);2*1H. The molecule has 0 aliphatic rings. The summed E-state index contributed by atoms with van der Waals surface area (Å²) in [5, 5.41) is 0. The summed E-state index contributed by atoms with van der Waals surface area (Å²) in [6, 6.07) is 5.45. The van der Waals surface area contributed by atoms with Gasteiger partial charge in [-0.1, -0.05) is 6.07 Å². The second-order valence-corrected chi connectivity index (χ2v) is 2.26. The van der Waals surface area contributed by atoms with Crippen LogP contribution in [-0.2, 0) is 0 Å². The normalized spacial score (nSPS) is 8.62. The number of aromatic amines is 1. The molecule has 0 saturated carbocycles. The molecule has 1 N–H and O–H groups in total. The molecule has 0 amide bonds. The molecule has 1 aromatic carbocycles. The summed E-state index contributed by atoms with van der Waals surface area (Å²) in [5.74, 6) is 0. The molecule has 0 radical (unpaired) electrons. The number of aldehydes is 1. The number of para-hydroxylation sites is 1. The van der Waals surface area contributed by atoms with Gasteiger partial charge in [0.15, 0.2) is 6.29 Å². The van der Waals surface area contributed by atoms with Gasteiger partial charge < -0.3 is 4.98 Å². The second-order valence-electron chi connectivity index (χ2n) is 2.26. The van der Waals surface area contributed by atoms with Crippen molar-refractivity contribution in [3.05, 3.63) is 30.1 Å². The average molecular weight is 219 g/mol. The summed E-state index contributed by atoms with van der Waals surface area (Å²) in [5.41, 5.74) is 2.26. The number of aromatic nitrogens is 2. The highest BCUT2D eigenvalue weighted by Gasteiger charge is 1.99. The molecule has 70 valence electrons. The Morgan fingerprint density at radius 1 is 1.31 bits per heavy atom. The quantitative estimate of drug-likeness (QED) is 0.747. The van der Waals surface area contributed by atoms with Crippen LogP contribution in [0.5, 0.6) is 0 Å². The van der Waals surface area contributed by atoms with Gasteiger partial charge in [0, 0.05) is 5.56 Å².